The van der Waals surface area contributed by atoms with Gasteiger partial charge in [0.1, 0.15) is 0 Å². The molecule has 2 rings (SSSR count). The van der Waals surface area contributed by atoms with Crippen LogP contribution in [0.25, 0.3) is 0 Å². The molecule has 1 atom stereocenters. The summed E-state index contributed by atoms with van der Waals surface area (Å²) in [6.07, 6.45) is 2.13. The Morgan fingerprint density at radius 3 is 3.07 bits per heavy atom. The van der Waals surface area contributed by atoms with Crippen molar-refractivity contribution in [1.82, 2.24) is 10.2 Å². The molecule has 1 spiro atoms. The maximum absolute atomic E-state index is 11.3. The number of piperidine rings is 1. The van der Waals surface area contributed by atoms with Crippen molar-refractivity contribution in [3.63, 3.8) is 0 Å². The molecule has 2 aliphatic rings. The Kier molecular flexibility index (Phi) is 2.74. The monoisotopic (exact) mass is 198 g/mol. The maximum Gasteiger partial charge on any atom is 0.219 e. The van der Waals surface area contributed by atoms with Crippen LogP contribution in [0.4, 0.5) is 0 Å². The molecule has 0 aromatic rings. The van der Waals surface area contributed by atoms with Crippen LogP contribution in [-0.2, 0) is 9.53 Å². The van der Waals surface area contributed by atoms with Gasteiger partial charge in [0.05, 0.1) is 18.8 Å². The first-order valence-electron chi connectivity index (χ1n) is 5.32. The van der Waals surface area contributed by atoms with Crippen LogP contribution >= 0.6 is 0 Å². The van der Waals surface area contributed by atoms with Crippen molar-refractivity contribution in [2.45, 2.75) is 25.4 Å². The average Bonchev–Trinajstić information content (AvgIpc) is 2.19. The van der Waals surface area contributed by atoms with Gasteiger partial charge in [0.25, 0.3) is 0 Å². The Balaban J connectivity index is 2.01. The second-order valence-corrected chi connectivity index (χ2v) is 4.25. The summed E-state index contributed by atoms with van der Waals surface area (Å²) in [6, 6.07) is 0. The van der Waals surface area contributed by atoms with Gasteiger partial charge in [-0.15, -0.1) is 0 Å². The molecule has 1 N–H and O–H groups in total. The minimum atomic E-state index is -0.0951. The van der Waals surface area contributed by atoms with Crippen molar-refractivity contribution in [3.8, 4) is 0 Å². The van der Waals surface area contributed by atoms with Gasteiger partial charge in [-0.1, -0.05) is 0 Å². The summed E-state index contributed by atoms with van der Waals surface area (Å²) in [4.78, 5) is 13.2. The van der Waals surface area contributed by atoms with Crippen LogP contribution < -0.4 is 5.32 Å². The highest BCUT2D eigenvalue weighted by atomic mass is 16.5. The second kappa shape index (κ2) is 3.87. The van der Waals surface area contributed by atoms with Crippen LogP contribution in [0.15, 0.2) is 0 Å². The average molecular weight is 198 g/mol. The van der Waals surface area contributed by atoms with E-state index in [4.69, 9.17) is 4.74 Å². The maximum atomic E-state index is 11.3. The van der Waals surface area contributed by atoms with Crippen LogP contribution in [0.1, 0.15) is 19.8 Å². The Bertz CT molecular complexity index is 219. The van der Waals surface area contributed by atoms with Gasteiger partial charge in [-0.05, 0) is 12.8 Å². The number of likely N-dealkylation sites (tertiary alicyclic amines) is 1. The SMILES string of the molecule is CC(=O)N1CCCC2(CNCCO2)C1. The number of amides is 1. The molecule has 4 nitrogen and oxygen atoms in total. The van der Waals surface area contributed by atoms with Crippen LogP contribution in [0.2, 0.25) is 0 Å². The minimum Gasteiger partial charge on any atom is -0.370 e. The predicted molar refractivity (Wildman–Crippen MR) is 53.0 cm³/mol. The molecule has 2 fully saturated rings. The fourth-order valence-electron chi connectivity index (χ4n) is 2.34. The molecule has 1 amide bonds. The van der Waals surface area contributed by atoms with Gasteiger partial charge in [0.2, 0.25) is 5.91 Å². The molecule has 0 saturated carbocycles. The number of carbonyl (C=O) groups is 1. The quantitative estimate of drug-likeness (QED) is 0.595. The summed E-state index contributed by atoms with van der Waals surface area (Å²) in [5.41, 5.74) is -0.0951. The van der Waals surface area contributed by atoms with Gasteiger partial charge in [-0.25, -0.2) is 0 Å². The van der Waals surface area contributed by atoms with Crippen molar-refractivity contribution in [2.24, 2.45) is 0 Å². The second-order valence-electron chi connectivity index (χ2n) is 4.25. The smallest absolute Gasteiger partial charge is 0.219 e. The molecular weight excluding hydrogens is 180 g/mol. The lowest BCUT2D eigenvalue weighted by Crippen LogP contribution is -2.59. The van der Waals surface area contributed by atoms with E-state index in [1.807, 2.05) is 4.90 Å². The highest BCUT2D eigenvalue weighted by Gasteiger charge is 2.38. The third-order valence-electron chi connectivity index (χ3n) is 3.12. The van der Waals surface area contributed by atoms with Crippen molar-refractivity contribution in [1.29, 1.82) is 0 Å². The van der Waals surface area contributed by atoms with Crippen molar-refractivity contribution >= 4 is 5.91 Å². The molecule has 2 heterocycles. The molecule has 0 aliphatic carbocycles. The van der Waals surface area contributed by atoms with Crippen molar-refractivity contribution < 1.29 is 9.53 Å². The number of rotatable bonds is 0. The van der Waals surface area contributed by atoms with Crippen molar-refractivity contribution in [3.05, 3.63) is 0 Å². The van der Waals surface area contributed by atoms with Crippen LogP contribution in [-0.4, -0.2) is 49.2 Å². The molecule has 80 valence electrons. The predicted octanol–water partition coefficient (Wildman–Crippen LogP) is -0.0127. The molecule has 0 aromatic heterocycles. The number of carbonyl (C=O) groups excluding carboxylic acids is 1. The normalized spacial score (nSPS) is 33.4. The van der Waals surface area contributed by atoms with E-state index in [1.165, 1.54) is 0 Å². The Morgan fingerprint density at radius 1 is 1.57 bits per heavy atom. The molecule has 0 bridgehead atoms. The number of hydrogen-bond acceptors (Lipinski definition) is 3. The van der Waals surface area contributed by atoms with E-state index in [0.717, 1.165) is 45.6 Å². The first kappa shape index (κ1) is 9.93. The number of hydrogen-bond donors (Lipinski definition) is 1. The van der Waals surface area contributed by atoms with Gasteiger partial charge >= 0.3 is 0 Å². The highest BCUT2D eigenvalue weighted by molar-refractivity contribution is 5.73. The van der Waals surface area contributed by atoms with E-state index in [2.05, 4.69) is 5.32 Å². The van der Waals surface area contributed by atoms with Gasteiger partial charge in [-0.3, -0.25) is 4.79 Å². The van der Waals surface area contributed by atoms with E-state index in [-0.39, 0.29) is 11.5 Å². The molecule has 0 radical (unpaired) electrons. The molecule has 2 aliphatic heterocycles. The van der Waals surface area contributed by atoms with E-state index in [1.54, 1.807) is 6.92 Å². The topological polar surface area (TPSA) is 41.6 Å². The number of nitrogens with one attached hydrogen (secondary N) is 1. The van der Waals surface area contributed by atoms with E-state index >= 15 is 0 Å². The lowest BCUT2D eigenvalue weighted by molar-refractivity contribution is -0.143. The molecule has 0 aromatic carbocycles. The molecular formula is C10H18N2O2. The lowest BCUT2D eigenvalue weighted by Gasteiger charge is -2.44. The number of ether oxygens (including phenoxy) is 1. The summed E-state index contributed by atoms with van der Waals surface area (Å²) >= 11 is 0. The molecule has 1 unspecified atom stereocenters. The summed E-state index contributed by atoms with van der Waals surface area (Å²) < 4.78 is 5.83. The van der Waals surface area contributed by atoms with E-state index in [9.17, 15) is 4.79 Å². The van der Waals surface area contributed by atoms with Gasteiger partial charge in [0, 0.05) is 26.6 Å². The summed E-state index contributed by atoms with van der Waals surface area (Å²) in [6.45, 7) is 5.87. The van der Waals surface area contributed by atoms with Crippen LogP contribution in [0, 0.1) is 0 Å². The zero-order valence-electron chi connectivity index (χ0n) is 8.71. The zero-order valence-corrected chi connectivity index (χ0v) is 8.71. The van der Waals surface area contributed by atoms with Gasteiger partial charge in [-0.2, -0.15) is 0 Å². The summed E-state index contributed by atoms with van der Waals surface area (Å²) in [7, 11) is 0. The highest BCUT2D eigenvalue weighted by Crippen LogP contribution is 2.26. The largest absolute Gasteiger partial charge is 0.370 e. The van der Waals surface area contributed by atoms with Gasteiger partial charge < -0.3 is 15.0 Å². The molecule has 2 saturated heterocycles. The van der Waals surface area contributed by atoms with E-state index < -0.39 is 0 Å². The van der Waals surface area contributed by atoms with Gasteiger partial charge in [0.15, 0.2) is 0 Å². The Hall–Kier alpha value is -0.610. The zero-order chi connectivity index (χ0) is 10.0. The first-order valence-corrected chi connectivity index (χ1v) is 5.32. The number of morpholine rings is 1. The standard InChI is InChI=1S/C10H18N2O2/c1-9(13)12-5-2-3-10(8-12)7-11-4-6-14-10/h11H,2-8H2,1H3. The molecule has 14 heavy (non-hydrogen) atoms. The fraction of sp³-hybridized carbons (Fsp3) is 0.900. The molecule has 4 heteroatoms. The summed E-state index contributed by atoms with van der Waals surface area (Å²) in [5, 5.41) is 3.34. The number of nitrogens with zero attached hydrogens (tertiary/aromatic N) is 1. The third kappa shape index (κ3) is 1.91. The van der Waals surface area contributed by atoms with Crippen molar-refractivity contribution in [2.75, 3.05) is 32.8 Å². The van der Waals surface area contributed by atoms with Crippen LogP contribution in [0.5, 0.6) is 0 Å². The van der Waals surface area contributed by atoms with E-state index in [0.29, 0.717) is 0 Å². The Morgan fingerprint density at radius 2 is 2.43 bits per heavy atom. The van der Waals surface area contributed by atoms with Crippen LogP contribution in [0.3, 0.4) is 0 Å². The lowest BCUT2D eigenvalue weighted by atomic mass is 9.91. The minimum absolute atomic E-state index is 0.0951. The Labute approximate surface area is 84.6 Å². The fourth-order valence-corrected chi connectivity index (χ4v) is 2.34. The first-order chi connectivity index (χ1) is 6.72. The summed E-state index contributed by atoms with van der Waals surface area (Å²) in [5.74, 6) is 0.165. The third-order valence-corrected chi connectivity index (χ3v) is 3.12.